The van der Waals surface area contributed by atoms with Crippen molar-refractivity contribution in [2.75, 3.05) is 19.6 Å². The Morgan fingerprint density at radius 1 is 1.54 bits per heavy atom. The van der Waals surface area contributed by atoms with E-state index >= 15 is 0 Å². The number of carbonyl (C=O) groups excluding carboxylic acids is 1. The molecule has 1 aromatic carbocycles. The number of piperazine rings is 1. The molecule has 0 aliphatic carbocycles. The highest BCUT2D eigenvalue weighted by molar-refractivity contribution is 6.29. The minimum atomic E-state index is -0.294. The van der Waals surface area contributed by atoms with Crippen molar-refractivity contribution in [2.24, 2.45) is 0 Å². The summed E-state index contributed by atoms with van der Waals surface area (Å²) in [7, 11) is 0. The second-order valence-corrected chi connectivity index (χ2v) is 6.23. The Kier molecular flexibility index (Phi) is 5.16. The molecule has 3 rings (SSSR count). The van der Waals surface area contributed by atoms with Gasteiger partial charge in [0.15, 0.2) is 0 Å². The van der Waals surface area contributed by atoms with E-state index in [1.54, 1.807) is 13.0 Å². The Hall–Kier alpha value is -1.92. The average Bonchev–Trinajstić information content (AvgIpc) is 2.91. The Bertz CT molecular complexity index is 715. The van der Waals surface area contributed by atoms with Crippen LogP contribution in [-0.2, 0) is 11.2 Å². The summed E-state index contributed by atoms with van der Waals surface area (Å²) in [5.74, 6) is -0.278. The zero-order valence-electron chi connectivity index (χ0n) is 13.4. The van der Waals surface area contributed by atoms with Gasteiger partial charge in [-0.2, -0.15) is 0 Å². The number of halogens is 2. The molecule has 1 atom stereocenters. The zero-order valence-corrected chi connectivity index (χ0v) is 14.1. The molecule has 0 saturated carbocycles. The standard InChI is InChI=1S/C17H19ClFN3O2/c1-11-14(17(18)24-21-11)5-6-16(23)22-8-7-20-10-15(22)12-3-2-4-13(19)9-12/h2-4,9,15,20H,5-8,10H2,1H3. The third-order valence-corrected chi connectivity index (χ3v) is 4.62. The molecule has 1 aromatic heterocycles. The highest BCUT2D eigenvalue weighted by atomic mass is 35.5. The molecule has 1 fully saturated rings. The Balaban J connectivity index is 1.72. The second kappa shape index (κ2) is 7.32. The lowest BCUT2D eigenvalue weighted by atomic mass is 10.0. The molecule has 1 aliphatic rings. The first-order valence-electron chi connectivity index (χ1n) is 7.92. The van der Waals surface area contributed by atoms with Crippen molar-refractivity contribution in [1.82, 2.24) is 15.4 Å². The maximum Gasteiger partial charge on any atom is 0.229 e. The fraction of sp³-hybridized carbons (Fsp3) is 0.412. The van der Waals surface area contributed by atoms with Gasteiger partial charge in [0.25, 0.3) is 0 Å². The molecule has 7 heteroatoms. The number of hydrogen-bond donors (Lipinski definition) is 1. The van der Waals surface area contributed by atoms with Gasteiger partial charge in [0.1, 0.15) is 5.82 Å². The third-order valence-electron chi connectivity index (χ3n) is 4.32. The molecule has 2 heterocycles. The number of carbonyl (C=O) groups is 1. The molecule has 1 unspecified atom stereocenters. The Labute approximate surface area is 144 Å². The van der Waals surface area contributed by atoms with Crippen LogP contribution in [0.2, 0.25) is 5.22 Å². The highest BCUT2D eigenvalue weighted by Gasteiger charge is 2.28. The Morgan fingerprint density at radius 3 is 3.08 bits per heavy atom. The molecule has 0 radical (unpaired) electrons. The summed E-state index contributed by atoms with van der Waals surface area (Å²) in [4.78, 5) is 14.5. The minimum absolute atomic E-state index is 0.0161. The van der Waals surface area contributed by atoms with Gasteiger partial charge >= 0.3 is 0 Å². The van der Waals surface area contributed by atoms with Gasteiger partial charge in [-0.1, -0.05) is 17.3 Å². The van der Waals surface area contributed by atoms with Crippen LogP contribution < -0.4 is 5.32 Å². The molecule has 0 spiro atoms. The van der Waals surface area contributed by atoms with Crippen molar-refractivity contribution in [3.8, 4) is 0 Å². The van der Waals surface area contributed by atoms with Crippen LogP contribution in [0.15, 0.2) is 28.8 Å². The second-order valence-electron chi connectivity index (χ2n) is 5.88. The van der Waals surface area contributed by atoms with E-state index in [1.165, 1.54) is 12.1 Å². The molecule has 128 valence electrons. The van der Waals surface area contributed by atoms with E-state index in [0.717, 1.165) is 17.7 Å². The van der Waals surface area contributed by atoms with E-state index in [1.807, 2.05) is 11.0 Å². The molecule has 1 aliphatic heterocycles. The monoisotopic (exact) mass is 351 g/mol. The largest absolute Gasteiger partial charge is 0.344 e. The van der Waals surface area contributed by atoms with E-state index in [2.05, 4.69) is 10.5 Å². The van der Waals surface area contributed by atoms with Gasteiger partial charge in [-0.25, -0.2) is 4.39 Å². The summed E-state index contributed by atoms with van der Waals surface area (Å²) in [6.07, 6.45) is 0.792. The lowest BCUT2D eigenvalue weighted by molar-refractivity contribution is -0.134. The summed E-state index contributed by atoms with van der Waals surface area (Å²) in [6.45, 7) is 3.73. The van der Waals surface area contributed by atoms with Crippen LogP contribution in [0.3, 0.4) is 0 Å². The number of aryl methyl sites for hydroxylation is 1. The van der Waals surface area contributed by atoms with Crippen LogP contribution >= 0.6 is 11.6 Å². The quantitative estimate of drug-likeness (QED) is 0.920. The molecule has 1 N–H and O–H groups in total. The van der Waals surface area contributed by atoms with Gasteiger partial charge in [0.2, 0.25) is 11.1 Å². The molecule has 1 saturated heterocycles. The van der Waals surface area contributed by atoms with Gasteiger partial charge in [-0.3, -0.25) is 4.79 Å². The van der Waals surface area contributed by atoms with Gasteiger partial charge in [0.05, 0.1) is 11.7 Å². The minimum Gasteiger partial charge on any atom is -0.344 e. The van der Waals surface area contributed by atoms with E-state index in [9.17, 15) is 9.18 Å². The number of aromatic nitrogens is 1. The summed E-state index contributed by atoms with van der Waals surface area (Å²) >= 11 is 5.95. The normalized spacial score (nSPS) is 18.0. The first-order valence-corrected chi connectivity index (χ1v) is 8.30. The first kappa shape index (κ1) is 16.9. The van der Waals surface area contributed by atoms with Crippen molar-refractivity contribution >= 4 is 17.5 Å². The van der Waals surface area contributed by atoms with Crippen LogP contribution in [-0.4, -0.2) is 35.6 Å². The smallest absolute Gasteiger partial charge is 0.229 e. The fourth-order valence-corrected chi connectivity index (χ4v) is 3.30. The SMILES string of the molecule is Cc1noc(Cl)c1CCC(=O)N1CCNCC1c1cccc(F)c1. The number of nitrogens with one attached hydrogen (secondary N) is 1. The molecule has 1 amide bonds. The van der Waals surface area contributed by atoms with Crippen molar-refractivity contribution in [3.63, 3.8) is 0 Å². The van der Waals surface area contributed by atoms with Crippen molar-refractivity contribution in [1.29, 1.82) is 0 Å². The predicted octanol–water partition coefficient (Wildman–Crippen LogP) is 2.88. The molecular formula is C17H19ClFN3O2. The fourth-order valence-electron chi connectivity index (χ4n) is 3.03. The number of amides is 1. The number of nitrogens with zero attached hydrogens (tertiary/aromatic N) is 2. The van der Waals surface area contributed by atoms with Crippen LogP contribution in [0, 0.1) is 12.7 Å². The van der Waals surface area contributed by atoms with Crippen molar-refractivity contribution < 1.29 is 13.7 Å². The van der Waals surface area contributed by atoms with Gasteiger partial charge in [-0.05, 0) is 42.6 Å². The molecule has 24 heavy (non-hydrogen) atoms. The average molecular weight is 352 g/mol. The molecule has 0 bridgehead atoms. The summed E-state index contributed by atoms with van der Waals surface area (Å²) in [5.41, 5.74) is 2.27. The maximum absolute atomic E-state index is 13.5. The predicted molar refractivity (Wildman–Crippen MR) is 88.3 cm³/mol. The number of hydrogen-bond acceptors (Lipinski definition) is 4. The molecular weight excluding hydrogens is 333 g/mol. The van der Waals surface area contributed by atoms with E-state index in [0.29, 0.717) is 31.6 Å². The van der Waals surface area contributed by atoms with Crippen molar-refractivity contribution in [2.45, 2.75) is 25.8 Å². The third kappa shape index (κ3) is 3.60. The van der Waals surface area contributed by atoms with Gasteiger partial charge in [-0.15, -0.1) is 0 Å². The highest BCUT2D eigenvalue weighted by Crippen LogP contribution is 2.25. The molecule has 5 nitrogen and oxygen atoms in total. The summed E-state index contributed by atoms with van der Waals surface area (Å²) < 4.78 is 18.4. The zero-order chi connectivity index (χ0) is 17.1. The van der Waals surface area contributed by atoms with Crippen LogP contribution in [0.5, 0.6) is 0 Å². The maximum atomic E-state index is 13.5. The summed E-state index contributed by atoms with van der Waals surface area (Å²) in [6, 6.07) is 6.24. The van der Waals surface area contributed by atoms with E-state index < -0.39 is 0 Å². The van der Waals surface area contributed by atoms with Crippen molar-refractivity contribution in [3.05, 3.63) is 52.1 Å². The van der Waals surface area contributed by atoms with Crippen LogP contribution in [0.4, 0.5) is 4.39 Å². The first-order chi connectivity index (χ1) is 11.6. The van der Waals surface area contributed by atoms with Crippen LogP contribution in [0.25, 0.3) is 0 Å². The number of rotatable bonds is 4. The molecule has 2 aromatic rings. The lowest BCUT2D eigenvalue weighted by Gasteiger charge is -2.36. The van der Waals surface area contributed by atoms with E-state index in [4.69, 9.17) is 16.1 Å². The van der Waals surface area contributed by atoms with Gasteiger partial charge < -0.3 is 14.7 Å². The van der Waals surface area contributed by atoms with Gasteiger partial charge in [0, 0.05) is 31.6 Å². The topological polar surface area (TPSA) is 58.4 Å². The summed E-state index contributed by atoms with van der Waals surface area (Å²) in [5, 5.41) is 7.30. The number of benzene rings is 1. The Morgan fingerprint density at radius 2 is 2.38 bits per heavy atom. The van der Waals surface area contributed by atoms with E-state index in [-0.39, 0.29) is 23.0 Å². The van der Waals surface area contributed by atoms with Crippen LogP contribution in [0.1, 0.15) is 29.3 Å². The lowest BCUT2D eigenvalue weighted by Crippen LogP contribution is -2.48.